The highest BCUT2D eigenvalue weighted by molar-refractivity contribution is 6.07. The maximum Gasteiger partial charge on any atom is 0.191 e. The van der Waals surface area contributed by atoms with E-state index in [0.29, 0.717) is 0 Å². The number of fused-ring (bicyclic) bond motifs is 2. The highest BCUT2D eigenvalue weighted by atomic mass is 15.0. The summed E-state index contributed by atoms with van der Waals surface area (Å²) in [6.45, 7) is 0. The van der Waals surface area contributed by atoms with E-state index < -0.39 is 0 Å². The van der Waals surface area contributed by atoms with E-state index in [9.17, 15) is 0 Å². The molecule has 18 heavy (non-hydrogen) atoms. The molecule has 0 radical (unpaired) electrons. The van der Waals surface area contributed by atoms with Crippen molar-refractivity contribution in [3.63, 3.8) is 0 Å². The third-order valence-corrected chi connectivity index (χ3v) is 2.80. The topological polar surface area (TPSA) is 77.3 Å². The van der Waals surface area contributed by atoms with Crippen LogP contribution in [-0.4, -0.2) is 10.9 Å². The van der Waals surface area contributed by atoms with Crippen molar-refractivity contribution in [1.82, 2.24) is 4.98 Å². The fourth-order valence-corrected chi connectivity index (χ4v) is 2.07. The number of nitrogens with two attached hydrogens (primary N) is 2. The van der Waals surface area contributed by atoms with Gasteiger partial charge in [0.05, 0.1) is 16.7 Å². The first-order chi connectivity index (χ1) is 8.75. The third-order valence-electron chi connectivity index (χ3n) is 2.80. The van der Waals surface area contributed by atoms with E-state index in [1.807, 2.05) is 48.5 Å². The van der Waals surface area contributed by atoms with Crippen LogP contribution in [0, 0.1) is 0 Å². The minimum absolute atomic E-state index is 0.0523. The highest BCUT2D eigenvalue weighted by Gasteiger charge is 2.07. The molecule has 4 heteroatoms. The van der Waals surface area contributed by atoms with Crippen molar-refractivity contribution < 1.29 is 0 Å². The largest absolute Gasteiger partial charge is 0.370 e. The second-order valence-electron chi connectivity index (χ2n) is 4.03. The van der Waals surface area contributed by atoms with E-state index in [1.54, 1.807) is 0 Å². The highest BCUT2D eigenvalue weighted by Crippen LogP contribution is 2.32. The van der Waals surface area contributed by atoms with Gasteiger partial charge < -0.3 is 11.5 Å². The molecule has 0 aliphatic carbocycles. The number of hydrogen-bond acceptors (Lipinski definition) is 2. The second kappa shape index (κ2) is 4.00. The van der Waals surface area contributed by atoms with Crippen LogP contribution in [0.15, 0.2) is 53.5 Å². The van der Waals surface area contributed by atoms with E-state index in [4.69, 9.17) is 11.5 Å². The Bertz CT molecular complexity index is 704. The molecule has 1 aromatic heterocycles. The first-order valence-electron chi connectivity index (χ1n) is 5.63. The first-order valence-corrected chi connectivity index (χ1v) is 5.63. The Morgan fingerprint density at radius 3 is 1.83 bits per heavy atom. The molecule has 0 aliphatic heterocycles. The maximum absolute atomic E-state index is 5.51. The van der Waals surface area contributed by atoms with E-state index in [0.717, 1.165) is 27.5 Å². The molecule has 1 heterocycles. The van der Waals surface area contributed by atoms with Gasteiger partial charge in [0, 0.05) is 10.8 Å². The predicted molar refractivity (Wildman–Crippen MR) is 74.7 cm³/mol. The normalized spacial score (nSPS) is 10.7. The lowest BCUT2D eigenvalue weighted by molar-refractivity contribution is 1.43. The summed E-state index contributed by atoms with van der Waals surface area (Å²) in [7, 11) is 0. The zero-order valence-corrected chi connectivity index (χ0v) is 9.67. The maximum atomic E-state index is 5.51. The van der Waals surface area contributed by atoms with E-state index >= 15 is 0 Å². The van der Waals surface area contributed by atoms with E-state index in [2.05, 4.69) is 9.98 Å². The molecule has 3 aromatic rings. The van der Waals surface area contributed by atoms with Gasteiger partial charge >= 0.3 is 0 Å². The van der Waals surface area contributed by atoms with Crippen LogP contribution in [0.4, 0.5) is 5.69 Å². The van der Waals surface area contributed by atoms with Crippen molar-refractivity contribution in [2.24, 2.45) is 16.5 Å². The van der Waals surface area contributed by atoms with Gasteiger partial charge in [-0.3, -0.25) is 0 Å². The minimum Gasteiger partial charge on any atom is -0.370 e. The molecule has 0 fully saturated rings. The fourth-order valence-electron chi connectivity index (χ4n) is 2.07. The summed E-state index contributed by atoms with van der Waals surface area (Å²) in [5, 5.41) is 1.90. The minimum atomic E-state index is 0.0523. The summed E-state index contributed by atoms with van der Waals surface area (Å²) in [5.41, 5.74) is 13.6. The second-order valence-corrected chi connectivity index (χ2v) is 4.03. The van der Waals surface area contributed by atoms with Crippen molar-refractivity contribution in [3.8, 4) is 0 Å². The Morgan fingerprint density at radius 2 is 1.33 bits per heavy atom. The van der Waals surface area contributed by atoms with Crippen LogP contribution in [0.2, 0.25) is 0 Å². The van der Waals surface area contributed by atoms with Crippen molar-refractivity contribution in [1.29, 1.82) is 0 Å². The Hall–Kier alpha value is -2.62. The number of pyridine rings is 1. The van der Waals surface area contributed by atoms with Gasteiger partial charge in [0.25, 0.3) is 0 Å². The summed E-state index contributed by atoms with van der Waals surface area (Å²) in [4.78, 5) is 8.84. The predicted octanol–water partition coefficient (Wildman–Crippen LogP) is 2.29. The summed E-state index contributed by atoms with van der Waals surface area (Å²) in [6, 6.07) is 15.6. The molecular formula is C14H12N4. The molecule has 0 spiro atoms. The Labute approximate surface area is 104 Å². The monoisotopic (exact) mass is 236 g/mol. The molecule has 0 unspecified atom stereocenters. The van der Waals surface area contributed by atoms with Gasteiger partial charge in [0.15, 0.2) is 5.96 Å². The lowest BCUT2D eigenvalue weighted by Crippen LogP contribution is -2.21. The quantitative estimate of drug-likeness (QED) is 0.386. The van der Waals surface area contributed by atoms with Gasteiger partial charge in [-0.2, -0.15) is 0 Å². The molecule has 3 rings (SSSR count). The Kier molecular flexibility index (Phi) is 2.34. The van der Waals surface area contributed by atoms with Crippen molar-refractivity contribution >= 4 is 33.5 Å². The SMILES string of the molecule is NC(N)=Nc1c2ccccc2nc2ccccc12. The molecule has 88 valence electrons. The summed E-state index contributed by atoms with van der Waals surface area (Å²) < 4.78 is 0. The van der Waals surface area contributed by atoms with Crippen molar-refractivity contribution in [2.45, 2.75) is 0 Å². The summed E-state index contributed by atoms with van der Waals surface area (Å²) in [5.74, 6) is 0.0523. The van der Waals surface area contributed by atoms with Crippen LogP contribution in [0.3, 0.4) is 0 Å². The number of aromatic nitrogens is 1. The van der Waals surface area contributed by atoms with Crippen LogP contribution >= 0.6 is 0 Å². The van der Waals surface area contributed by atoms with Gasteiger partial charge in [-0.1, -0.05) is 36.4 Å². The molecule has 4 nitrogen and oxygen atoms in total. The average Bonchev–Trinajstić information content (AvgIpc) is 2.38. The lowest BCUT2D eigenvalue weighted by Gasteiger charge is -2.06. The standard InChI is InChI=1S/C14H12N4/c15-14(16)18-13-9-5-1-3-7-11(9)17-12-8-4-2-6-10(12)13/h1-8H,(H4,15,16,17,18). The fraction of sp³-hybridized carbons (Fsp3) is 0. The number of benzene rings is 2. The van der Waals surface area contributed by atoms with Gasteiger partial charge in [0.2, 0.25) is 0 Å². The van der Waals surface area contributed by atoms with Gasteiger partial charge in [-0.25, -0.2) is 9.98 Å². The Balaban J connectivity index is 2.53. The van der Waals surface area contributed by atoms with Crippen molar-refractivity contribution in [2.75, 3.05) is 0 Å². The van der Waals surface area contributed by atoms with E-state index in [1.165, 1.54) is 0 Å². The molecule has 0 atom stereocenters. The van der Waals surface area contributed by atoms with Crippen molar-refractivity contribution in [3.05, 3.63) is 48.5 Å². The number of rotatable bonds is 1. The number of hydrogen-bond donors (Lipinski definition) is 2. The lowest BCUT2D eigenvalue weighted by atomic mass is 10.1. The smallest absolute Gasteiger partial charge is 0.191 e. The van der Waals surface area contributed by atoms with Crippen LogP contribution < -0.4 is 11.5 Å². The van der Waals surface area contributed by atoms with E-state index in [-0.39, 0.29) is 5.96 Å². The Morgan fingerprint density at radius 1 is 0.833 bits per heavy atom. The zero-order chi connectivity index (χ0) is 12.5. The average molecular weight is 236 g/mol. The van der Waals surface area contributed by atoms with Crippen LogP contribution in [0.1, 0.15) is 0 Å². The molecule has 0 saturated carbocycles. The molecule has 0 aliphatic rings. The number of guanidine groups is 1. The molecular weight excluding hydrogens is 224 g/mol. The first kappa shape index (κ1) is 10.5. The molecule has 0 amide bonds. The summed E-state index contributed by atoms with van der Waals surface area (Å²) in [6.07, 6.45) is 0. The number of nitrogens with zero attached hydrogens (tertiary/aromatic N) is 2. The van der Waals surface area contributed by atoms with Gasteiger partial charge in [-0.05, 0) is 12.1 Å². The molecule has 2 aromatic carbocycles. The molecule has 0 bridgehead atoms. The van der Waals surface area contributed by atoms with Gasteiger partial charge in [-0.15, -0.1) is 0 Å². The third kappa shape index (κ3) is 1.64. The van der Waals surface area contributed by atoms with Crippen LogP contribution in [0.25, 0.3) is 21.8 Å². The summed E-state index contributed by atoms with van der Waals surface area (Å²) >= 11 is 0. The van der Waals surface area contributed by atoms with Gasteiger partial charge in [0.1, 0.15) is 0 Å². The molecule has 0 saturated heterocycles. The number of para-hydroxylation sites is 2. The van der Waals surface area contributed by atoms with Crippen LogP contribution in [-0.2, 0) is 0 Å². The van der Waals surface area contributed by atoms with Crippen LogP contribution in [0.5, 0.6) is 0 Å². The molecule has 4 N–H and O–H groups in total. The number of aliphatic imine (C=N–C) groups is 1. The zero-order valence-electron chi connectivity index (χ0n) is 9.67.